The van der Waals surface area contributed by atoms with Crippen LogP contribution in [0.25, 0.3) is 0 Å². The summed E-state index contributed by atoms with van der Waals surface area (Å²) in [6.45, 7) is 7.59. The molecular formula is C13H18BrNO2. The molecule has 0 heterocycles. The van der Waals surface area contributed by atoms with Gasteiger partial charge in [0.1, 0.15) is 5.75 Å². The Hall–Kier alpha value is -1.03. The van der Waals surface area contributed by atoms with Gasteiger partial charge in [0.05, 0.1) is 4.47 Å². The molecule has 0 aliphatic rings. The molecule has 0 bridgehead atoms. The minimum absolute atomic E-state index is 0.104. The normalized spacial score (nSPS) is 12.4. The molecule has 4 heteroatoms. The number of aryl methyl sites for hydroxylation is 1. The van der Waals surface area contributed by atoms with Gasteiger partial charge in [0.15, 0.2) is 6.10 Å². The van der Waals surface area contributed by atoms with Gasteiger partial charge in [-0.25, -0.2) is 0 Å². The maximum Gasteiger partial charge on any atom is 0.260 e. The molecule has 1 atom stereocenters. The molecule has 0 fully saturated rings. The standard InChI is InChI=1S/C13H18BrNO2/c1-8(2)15-13(16)10(4)17-12-6-5-9(3)7-11(12)14/h5-8,10H,1-4H3,(H,15,16). The number of hydrogen-bond acceptors (Lipinski definition) is 2. The topological polar surface area (TPSA) is 38.3 Å². The maximum atomic E-state index is 11.7. The SMILES string of the molecule is Cc1ccc(OC(C)C(=O)NC(C)C)c(Br)c1. The van der Waals surface area contributed by atoms with E-state index in [-0.39, 0.29) is 11.9 Å². The van der Waals surface area contributed by atoms with Crippen LogP contribution in [-0.4, -0.2) is 18.1 Å². The van der Waals surface area contributed by atoms with Gasteiger partial charge in [-0.1, -0.05) is 6.07 Å². The lowest BCUT2D eigenvalue weighted by Crippen LogP contribution is -2.40. The molecule has 0 aliphatic heterocycles. The van der Waals surface area contributed by atoms with Crippen molar-refractivity contribution in [3.63, 3.8) is 0 Å². The van der Waals surface area contributed by atoms with Crippen molar-refractivity contribution >= 4 is 21.8 Å². The van der Waals surface area contributed by atoms with Crippen LogP contribution in [0.3, 0.4) is 0 Å². The summed E-state index contributed by atoms with van der Waals surface area (Å²) in [5.41, 5.74) is 1.14. The van der Waals surface area contributed by atoms with Crippen molar-refractivity contribution in [3.8, 4) is 5.75 Å². The molecule has 94 valence electrons. The number of nitrogens with one attached hydrogen (secondary N) is 1. The minimum atomic E-state index is -0.503. The van der Waals surface area contributed by atoms with Crippen molar-refractivity contribution in [1.82, 2.24) is 5.32 Å². The Morgan fingerprint density at radius 2 is 2.00 bits per heavy atom. The van der Waals surface area contributed by atoms with Crippen molar-refractivity contribution in [2.75, 3.05) is 0 Å². The second kappa shape index (κ2) is 6.05. The predicted octanol–water partition coefficient (Wildman–Crippen LogP) is 3.05. The predicted molar refractivity (Wildman–Crippen MR) is 72.2 cm³/mol. The highest BCUT2D eigenvalue weighted by molar-refractivity contribution is 9.10. The van der Waals surface area contributed by atoms with Gasteiger partial charge in [-0.3, -0.25) is 4.79 Å². The van der Waals surface area contributed by atoms with Gasteiger partial charge < -0.3 is 10.1 Å². The van der Waals surface area contributed by atoms with E-state index in [1.165, 1.54) is 0 Å². The number of hydrogen-bond donors (Lipinski definition) is 1. The van der Waals surface area contributed by atoms with Gasteiger partial charge in [-0.15, -0.1) is 0 Å². The molecule has 17 heavy (non-hydrogen) atoms. The molecule has 0 spiro atoms. The molecule has 1 rings (SSSR count). The summed E-state index contributed by atoms with van der Waals surface area (Å²) in [4.78, 5) is 11.7. The van der Waals surface area contributed by atoms with Crippen LogP contribution in [-0.2, 0) is 4.79 Å². The zero-order chi connectivity index (χ0) is 13.0. The number of benzene rings is 1. The first-order chi connectivity index (χ1) is 7.90. The first kappa shape index (κ1) is 14.0. The minimum Gasteiger partial charge on any atom is -0.480 e. The van der Waals surface area contributed by atoms with E-state index < -0.39 is 6.10 Å². The zero-order valence-electron chi connectivity index (χ0n) is 10.6. The lowest BCUT2D eigenvalue weighted by atomic mass is 10.2. The molecule has 0 aliphatic carbocycles. The number of halogens is 1. The lowest BCUT2D eigenvalue weighted by molar-refractivity contribution is -0.127. The Morgan fingerprint density at radius 3 is 2.53 bits per heavy atom. The average Bonchev–Trinajstić information content (AvgIpc) is 2.21. The molecule has 0 radical (unpaired) electrons. The van der Waals surface area contributed by atoms with Crippen molar-refractivity contribution in [1.29, 1.82) is 0 Å². The van der Waals surface area contributed by atoms with E-state index in [1.807, 2.05) is 39.0 Å². The van der Waals surface area contributed by atoms with Gasteiger partial charge in [-0.2, -0.15) is 0 Å². The van der Waals surface area contributed by atoms with E-state index in [9.17, 15) is 4.79 Å². The quantitative estimate of drug-likeness (QED) is 0.928. The van der Waals surface area contributed by atoms with Gasteiger partial charge >= 0.3 is 0 Å². The molecule has 0 aromatic heterocycles. The van der Waals surface area contributed by atoms with Crippen LogP contribution in [0.4, 0.5) is 0 Å². The summed E-state index contributed by atoms with van der Waals surface area (Å²) in [7, 11) is 0. The Bertz CT molecular complexity index is 404. The van der Waals surface area contributed by atoms with Gasteiger partial charge in [0.2, 0.25) is 0 Å². The summed E-state index contributed by atoms with van der Waals surface area (Å²) in [5, 5.41) is 2.81. The second-order valence-electron chi connectivity index (χ2n) is 4.36. The van der Waals surface area contributed by atoms with Crippen molar-refractivity contribution in [2.24, 2.45) is 0 Å². The summed E-state index contributed by atoms with van der Waals surface area (Å²) < 4.78 is 6.47. The largest absolute Gasteiger partial charge is 0.480 e. The van der Waals surface area contributed by atoms with E-state index in [0.29, 0.717) is 5.75 Å². The van der Waals surface area contributed by atoms with Crippen LogP contribution in [0.2, 0.25) is 0 Å². The summed E-state index contributed by atoms with van der Waals surface area (Å²) in [6.07, 6.45) is -0.503. The van der Waals surface area contributed by atoms with E-state index in [1.54, 1.807) is 6.92 Å². The van der Waals surface area contributed by atoms with Gasteiger partial charge in [0.25, 0.3) is 5.91 Å². The highest BCUT2D eigenvalue weighted by Gasteiger charge is 2.16. The van der Waals surface area contributed by atoms with Crippen molar-refractivity contribution in [3.05, 3.63) is 28.2 Å². The van der Waals surface area contributed by atoms with Crippen LogP contribution >= 0.6 is 15.9 Å². The fourth-order valence-corrected chi connectivity index (χ4v) is 1.93. The zero-order valence-corrected chi connectivity index (χ0v) is 12.2. The van der Waals surface area contributed by atoms with Gasteiger partial charge in [0, 0.05) is 6.04 Å². The van der Waals surface area contributed by atoms with Crippen LogP contribution < -0.4 is 10.1 Å². The van der Waals surface area contributed by atoms with E-state index in [4.69, 9.17) is 4.74 Å². The molecule has 1 aromatic carbocycles. The number of rotatable bonds is 4. The lowest BCUT2D eigenvalue weighted by Gasteiger charge is -2.17. The van der Waals surface area contributed by atoms with Gasteiger partial charge in [-0.05, 0) is 61.3 Å². The summed E-state index contributed by atoms with van der Waals surface area (Å²) in [6, 6.07) is 5.89. The van der Waals surface area contributed by atoms with Crippen LogP contribution in [0.1, 0.15) is 26.3 Å². The first-order valence-electron chi connectivity index (χ1n) is 5.63. The molecular weight excluding hydrogens is 282 g/mol. The third-order valence-electron chi connectivity index (χ3n) is 2.19. The molecule has 0 saturated carbocycles. The third kappa shape index (κ3) is 4.38. The Balaban J connectivity index is 2.67. The fourth-order valence-electron chi connectivity index (χ4n) is 1.35. The number of ether oxygens (including phenoxy) is 1. The number of amides is 1. The Kier molecular flexibility index (Phi) is 5.00. The molecule has 1 aromatic rings. The van der Waals surface area contributed by atoms with Crippen LogP contribution in [0.15, 0.2) is 22.7 Å². The molecule has 1 amide bonds. The van der Waals surface area contributed by atoms with Crippen molar-refractivity contribution < 1.29 is 9.53 Å². The summed E-state index contributed by atoms with van der Waals surface area (Å²) >= 11 is 3.42. The third-order valence-corrected chi connectivity index (χ3v) is 2.81. The van der Waals surface area contributed by atoms with E-state index in [0.717, 1.165) is 10.0 Å². The monoisotopic (exact) mass is 299 g/mol. The van der Waals surface area contributed by atoms with E-state index >= 15 is 0 Å². The molecule has 1 N–H and O–H groups in total. The molecule has 3 nitrogen and oxygen atoms in total. The fraction of sp³-hybridized carbons (Fsp3) is 0.462. The average molecular weight is 300 g/mol. The highest BCUT2D eigenvalue weighted by Crippen LogP contribution is 2.26. The second-order valence-corrected chi connectivity index (χ2v) is 5.21. The number of carbonyl (C=O) groups is 1. The van der Waals surface area contributed by atoms with Crippen LogP contribution in [0.5, 0.6) is 5.75 Å². The smallest absolute Gasteiger partial charge is 0.260 e. The number of carbonyl (C=O) groups excluding carboxylic acids is 1. The van der Waals surface area contributed by atoms with E-state index in [2.05, 4.69) is 21.2 Å². The molecule has 1 unspecified atom stereocenters. The van der Waals surface area contributed by atoms with Crippen LogP contribution in [0, 0.1) is 6.92 Å². The maximum absolute atomic E-state index is 11.7. The highest BCUT2D eigenvalue weighted by atomic mass is 79.9. The molecule has 0 saturated heterocycles. The summed E-state index contributed by atoms with van der Waals surface area (Å²) in [5.74, 6) is 0.578. The Morgan fingerprint density at radius 1 is 1.35 bits per heavy atom. The first-order valence-corrected chi connectivity index (χ1v) is 6.42. The van der Waals surface area contributed by atoms with Crippen molar-refractivity contribution in [2.45, 2.75) is 39.8 Å². The Labute approximate surface area is 111 Å².